The lowest BCUT2D eigenvalue weighted by Gasteiger charge is -2.11. The molecule has 2 N–H and O–H groups in total. The molecule has 1 aliphatic heterocycles. The Bertz CT molecular complexity index is 625. The summed E-state index contributed by atoms with van der Waals surface area (Å²) in [5.41, 5.74) is 1.96. The molecule has 1 aromatic heterocycles. The van der Waals surface area contributed by atoms with E-state index in [1.807, 2.05) is 6.07 Å². The molecule has 1 aliphatic rings. The molecule has 2 nitrogen and oxygen atoms in total. The van der Waals surface area contributed by atoms with Gasteiger partial charge < -0.3 is 10.3 Å². The molecule has 0 radical (unpaired) electrons. The molecule has 1 aromatic carbocycles. The van der Waals surface area contributed by atoms with E-state index in [4.69, 9.17) is 0 Å². The van der Waals surface area contributed by atoms with Gasteiger partial charge in [-0.05, 0) is 36.7 Å². The van der Waals surface area contributed by atoms with Crippen LogP contribution in [0.25, 0.3) is 11.3 Å². The van der Waals surface area contributed by atoms with Crippen LogP contribution in [0, 0.1) is 5.82 Å². The number of aromatic amines is 1. The smallest absolute Gasteiger partial charge is 0.357 e. The van der Waals surface area contributed by atoms with Gasteiger partial charge in [-0.1, -0.05) is 6.07 Å². The Kier molecular flexibility index (Phi) is 4.30. The molecule has 0 fully saturated rings. The molecule has 0 aliphatic carbocycles. The van der Waals surface area contributed by atoms with Crippen LogP contribution in [0.2, 0.25) is 0 Å². The van der Waals surface area contributed by atoms with Gasteiger partial charge in [0.2, 0.25) is 0 Å². The van der Waals surface area contributed by atoms with Crippen molar-refractivity contribution < 1.29 is 17.6 Å². The average Bonchev–Trinajstić information content (AvgIpc) is 2.80. The lowest BCUT2D eigenvalue weighted by atomic mass is 10.1. The zero-order chi connectivity index (χ0) is 14.3. The van der Waals surface area contributed by atoms with Crippen LogP contribution in [-0.4, -0.2) is 11.5 Å². The molecule has 0 unspecified atom stereocenters. The fraction of sp³-hybridized carbons (Fsp3) is 0.286. The number of H-pyrrole nitrogens is 1. The molecule has 0 saturated heterocycles. The number of rotatable bonds is 1. The third-order valence-corrected chi connectivity index (χ3v) is 3.45. The van der Waals surface area contributed by atoms with E-state index in [9.17, 15) is 17.6 Å². The third-order valence-electron chi connectivity index (χ3n) is 3.45. The molecule has 21 heavy (non-hydrogen) atoms. The number of halogens is 5. The van der Waals surface area contributed by atoms with Gasteiger partial charge in [-0.15, -0.1) is 12.4 Å². The number of fused-ring (bicyclic) bond motifs is 1. The summed E-state index contributed by atoms with van der Waals surface area (Å²) >= 11 is 0. The first-order valence-electron chi connectivity index (χ1n) is 6.24. The number of nitrogens with one attached hydrogen (secondary N) is 2. The normalized spacial score (nSPS) is 14.5. The van der Waals surface area contributed by atoms with E-state index in [0.29, 0.717) is 17.8 Å². The highest BCUT2D eigenvalue weighted by molar-refractivity contribution is 5.85. The van der Waals surface area contributed by atoms with Gasteiger partial charge in [0.25, 0.3) is 0 Å². The van der Waals surface area contributed by atoms with Crippen molar-refractivity contribution in [3.05, 3.63) is 46.9 Å². The Morgan fingerprint density at radius 2 is 1.86 bits per heavy atom. The minimum atomic E-state index is -4.67. The van der Waals surface area contributed by atoms with E-state index in [0.717, 1.165) is 36.4 Å². The molecular formula is C14H13ClF4N2. The molecule has 0 atom stereocenters. The maximum absolute atomic E-state index is 13.6. The second kappa shape index (κ2) is 5.69. The topological polar surface area (TPSA) is 27.8 Å². The minimum Gasteiger partial charge on any atom is -0.357 e. The summed E-state index contributed by atoms with van der Waals surface area (Å²) in [5.74, 6) is -1.25. The van der Waals surface area contributed by atoms with Gasteiger partial charge in [0.1, 0.15) is 5.82 Å². The lowest BCUT2D eigenvalue weighted by molar-refractivity contribution is -0.139. The summed E-state index contributed by atoms with van der Waals surface area (Å²) in [6.07, 6.45) is -3.81. The Morgan fingerprint density at radius 1 is 1.10 bits per heavy atom. The molecule has 7 heteroatoms. The molecule has 114 valence electrons. The predicted octanol–water partition coefficient (Wildman–Crippen LogP) is 3.91. The van der Waals surface area contributed by atoms with Crippen LogP contribution in [0.5, 0.6) is 0 Å². The first-order valence-corrected chi connectivity index (χ1v) is 6.24. The second-order valence-electron chi connectivity index (χ2n) is 4.81. The van der Waals surface area contributed by atoms with Crippen LogP contribution in [0.4, 0.5) is 17.6 Å². The Hall–Kier alpha value is -1.53. The first-order chi connectivity index (χ1) is 9.45. The molecule has 3 rings (SSSR count). The molecule has 0 amide bonds. The quantitative estimate of drug-likeness (QED) is 0.766. The summed E-state index contributed by atoms with van der Waals surface area (Å²) < 4.78 is 51.1. The highest BCUT2D eigenvalue weighted by Gasteiger charge is 2.34. The highest BCUT2D eigenvalue weighted by atomic mass is 35.5. The van der Waals surface area contributed by atoms with Crippen molar-refractivity contribution in [3.63, 3.8) is 0 Å². The lowest BCUT2D eigenvalue weighted by Crippen LogP contribution is -2.22. The Morgan fingerprint density at radius 3 is 2.48 bits per heavy atom. The van der Waals surface area contributed by atoms with Crippen molar-refractivity contribution in [1.29, 1.82) is 0 Å². The largest absolute Gasteiger partial charge is 0.419 e. The van der Waals surface area contributed by atoms with E-state index >= 15 is 0 Å². The van der Waals surface area contributed by atoms with Crippen LogP contribution in [-0.2, 0) is 19.1 Å². The summed E-state index contributed by atoms with van der Waals surface area (Å²) in [5, 5.41) is 3.19. The van der Waals surface area contributed by atoms with Crippen molar-refractivity contribution >= 4 is 12.4 Å². The van der Waals surface area contributed by atoms with Crippen LogP contribution >= 0.6 is 12.4 Å². The summed E-state index contributed by atoms with van der Waals surface area (Å²) in [6, 6.07) is 4.87. The zero-order valence-electron chi connectivity index (χ0n) is 10.9. The summed E-state index contributed by atoms with van der Waals surface area (Å²) in [7, 11) is 0. The number of hydrogen-bond donors (Lipinski definition) is 2. The van der Waals surface area contributed by atoms with E-state index < -0.39 is 17.6 Å². The number of hydrogen-bond acceptors (Lipinski definition) is 1. The van der Waals surface area contributed by atoms with Crippen LogP contribution in [0.3, 0.4) is 0 Å². The standard InChI is InChI=1S/C14H12F4N2.ClH/c15-11-5-8(1-2-10(11)14(16,17)18)12-6-9-3-4-19-7-13(9)20-12;/h1-2,5-6,19-20H,3-4,7H2;1H. The van der Waals surface area contributed by atoms with Crippen molar-refractivity contribution in [1.82, 2.24) is 10.3 Å². The SMILES string of the molecule is Cl.Fc1cc(-c2cc3c([nH]2)CNCC3)ccc1C(F)(F)F. The highest BCUT2D eigenvalue weighted by Crippen LogP contribution is 2.33. The molecular weight excluding hydrogens is 308 g/mol. The third kappa shape index (κ3) is 3.06. The maximum Gasteiger partial charge on any atom is 0.419 e. The average molecular weight is 321 g/mol. The molecule has 2 heterocycles. The van der Waals surface area contributed by atoms with E-state index in [1.165, 1.54) is 6.07 Å². The van der Waals surface area contributed by atoms with Crippen LogP contribution < -0.4 is 5.32 Å². The number of aromatic nitrogens is 1. The molecule has 2 aromatic rings. The van der Waals surface area contributed by atoms with Gasteiger partial charge in [0.15, 0.2) is 0 Å². The van der Waals surface area contributed by atoms with E-state index in [-0.39, 0.29) is 12.4 Å². The Labute approximate surface area is 125 Å². The predicted molar refractivity (Wildman–Crippen MR) is 73.8 cm³/mol. The van der Waals surface area contributed by atoms with Gasteiger partial charge in [-0.3, -0.25) is 0 Å². The van der Waals surface area contributed by atoms with E-state index in [1.54, 1.807) is 0 Å². The van der Waals surface area contributed by atoms with Crippen molar-refractivity contribution in [2.24, 2.45) is 0 Å². The van der Waals surface area contributed by atoms with Crippen LogP contribution in [0.15, 0.2) is 24.3 Å². The van der Waals surface area contributed by atoms with Gasteiger partial charge >= 0.3 is 6.18 Å². The maximum atomic E-state index is 13.6. The Balaban J connectivity index is 0.00000161. The van der Waals surface area contributed by atoms with Crippen molar-refractivity contribution in [3.8, 4) is 11.3 Å². The fourth-order valence-corrected chi connectivity index (χ4v) is 2.43. The molecule has 0 spiro atoms. The van der Waals surface area contributed by atoms with Gasteiger partial charge in [-0.2, -0.15) is 13.2 Å². The summed E-state index contributed by atoms with van der Waals surface area (Å²) in [4.78, 5) is 3.12. The first kappa shape index (κ1) is 15.9. The fourth-order valence-electron chi connectivity index (χ4n) is 2.43. The van der Waals surface area contributed by atoms with Crippen LogP contribution in [0.1, 0.15) is 16.8 Å². The van der Waals surface area contributed by atoms with Gasteiger partial charge in [-0.25, -0.2) is 4.39 Å². The molecule has 0 saturated carbocycles. The molecule has 0 bridgehead atoms. The number of benzene rings is 1. The number of alkyl halides is 3. The van der Waals surface area contributed by atoms with Gasteiger partial charge in [0.05, 0.1) is 5.56 Å². The van der Waals surface area contributed by atoms with E-state index in [2.05, 4.69) is 10.3 Å². The minimum absolute atomic E-state index is 0. The second-order valence-corrected chi connectivity index (χ2v) is 4.81. The van der Waals surface area contributed by atoms with Crippen molar-refractivity contribution in [2.75, 3.05) is 6.54 Å². The summed E-state index contributed by atoms with van der Waals surface area (Å²) in [6.45, 7) is 1.56. The zero-order valence-corrected chi connectivity index (χ0v) is 11.7. The van der Waals surface area contributed by atoms with Gasteiger partial charge in [0, 0.05) is 23.5 Å². The van der Waals surface area contributed by atoms with Crippen molar-refractivity contribution in [2.45, 2.75) is 19.1 Å². The monoisotopic (exact) mass is 320 g/mol.